The summed E-state index contributed by atoms with van der Waals surface area (Å²) in [5.74, 6) is 1.64. The van der Waals surface area contributed by atoms with Crippen molar-refractivity contribution >= 4 is 17.4 Å². The summed E-state index contributed by atoms with van der Waals surface area (Å²) in [5.41, 5.74) is 3.95. The molecule has 6 nitrogen and oxygen atoms in total. The van der Waals surface area contributed by atoms with Gasteiger partial charge in [-0.2, -0.15) is 0 Å². The van der Waals surface area contributed by atoms with E-state index in [0.29, 0.717) is 12.4 Å². The first-order chi connectivity index (χ1) is 15.1. The fraction of sp³-hybridized carbons (Fsp3) is 0.320. The number of carbonyl (C=O) groups is 1. The van der Waals surface area contributed by atoms with Gasteiger partial charge in [0.25, 0.3) is 0 Å². The Bertz CT molecular complexity index is 1030. The maximum atomic E-state index is 12.8. The highest BCUT2D eigenvalue weighted by Gasteiger charge is 2.26. The first kappa shape index (κ1) is 20.8. The van der Waals surface area contributed by atoms with Crippen LogP contribution in [0.1, 0.15) is 25.3 Å². The Labute approximate surface area is 183 Å². The van der Waals surface area contributed by atoms with Crippen LogP contribution in [0.3, 0.4) is 0 Å². The average molecular weight is 417 g/mol. The molecule has 1 amide bonds. The highest BCUT2D eigenvalue weighted by molar-refractivity contribution is 5.94. The Hall–Kier alpha value is -3.41. The normalized spacial score (nSPS) is 14.3. The lowest BCUT2D eigenvalue weighted by Crippen LogP contribution is -2.38. The number of carbonyl (C=O) groups excluding carboxylic acids is 1. The Balaban J connectivity index is 1.38. The van der Waals surface area contributed by atoms with Gasteiger partial charge in [0.2, 0.25) is 5.91 Å². The van der Waals surface area contributed by atoms with E-state index in [2.05, 4.69) is 51.4 Å². The zero-order valence-electron chi connectivity index (χ0n) is 18.0. The summed E-state index contributed by atoms with van der Waals surface area (Å²) in [6.07, 6.45) is 3.19. The number of hydrogen-bond acceptors (Lipinski definition) is 5. The van der Waals surface area contributed by atoms with Crippen LogP contribution in [0.5, 0.6) is 5.75 Å². The van der Waals surface area contributed by atoms with Crippen LogP contribution in [0.4, 0.5) is 11.5 Å². The van der Waals surface area contributed by atoms with Crippen molar-refractivity contribution < 1.29 is 9.53 Å². The molecule has 0 unspecified atom stereocenters. The zero-order chi connectivity index (χ0) is 21.6. The van der Waals surface area contributed by atoms with E-state index < -0.39 is 0 Å². The Morgan fingerprint density at radius 2 is 1.84 bits per heavy atom. The maximum Gasteiger partial charge on any atom is 0.227 e. The fourth-order valence-corrected chi connectivity index (χ4v) is 3.86. The molecule has 2 heterocycles. The van der Waals surface area contributed by atoms with Crippen molar-refractivity contribution in [1.29, 1.82) is 0 Å². The highest BCUT2D eigenvalue weighted by Crippen LogP contribution is 2.28. The van der Waals surface area contributed by atoms with Gasteiger partial charge in [0.05, 0.1) is 18.0 Å². The SMILES string of the molecule is CCOc1ccccc1NC(=O)C1CCN(c2cc(-c3ccc(C)cc3)ncn2)CC1. The molecule has 0 spiro atoms. The van der Waals surface area contributed by atoms with Crippen molar-refractivity contribution in [2.24, 2.45) is 5.92 Å². The van der Waals surface area contributed by atoms with Crippen molar-refractivity contribution in [3.05, 3.63) is 66.5 Å². The number of anilines is 2. The molecule has 1 aliphatic rings. The molecule has 0 aliphatic carbocycles. The molecule has 6 heteroatoms. The molecule has 160 valence electrons. The smallest absolute Gasteiger partial charge is 0.227 e. The fourth-order valence-electron chi connectivity index (χ4n) is 3.86. The maximum absolute atomic E-state index is 12.8. The lowest BCUT2D eigenvalue weighted by molar-refractivity contribution is -0.120. The Morgan fingerprint density at radius 3 is 2.58 bits per heavy atom. The van der Waals surface area contributed by atoms with Crippen LogP contribution >= 0.6 is 0 Å². The van der Waals surface area contributed by atoms with Gasteiger partial charge >= 0.3 is 0 Å². The molecule has 0 radical (unpaired) electrons. The zero-order valence-corrected chi connectivity index (χ0v) is 18.0. The molecular formula is C25H28N4O2. The number of piperidine rings is 1. The number of benzene rings is 2. The number of rotatable bonds is 6. The minimum atomic E-state index is -0.0238. The van der Waals surface area contributed by atoms with Crippen LogP contribution in [0, 0.1) is 12.8 Å². The van der Waals surface area contributed by atoms with Crippen molar-refractivity contribution in [2.45, 2.75) is 26.7 Å². The number of ether oxygens (including phenoxy) is 1. The van der Waals surface area contributed by atoms with E-state index in [1.807, 2.05) is 37.3 Å². The molecule has 31 heavy (non-hydrogen) atoms. The highest BCUT2D eigenvalue weighted by atomic mass is 16.5. The predicted octanol–water partition coefficient (Wildman–Crippen LogP) is 4.71. The second-order valence-corrected chi connectivity index (χ2v) is 7.81. The molecule has 1 aromatic heterocycles. The average Bonchev–Trinajstić information content (AvgIpc) is 2.81. The molecule has 0 saturated carbocycles. The molecule has 1 fully saturated rings. The Morgan fingerprint density at radius 1 is 1.10 bits per heavy atom. The van der Waals surface area contributed by atoms with E-state index in [0.717, 1.165) is 48.7 Å². The van der Waals surface area contributed by atoms with Gasteiger partial charge in [-0.1, -0.05) is 42.0 Å². The molecular weight excluding hydrogens is 388 g/mol. The van der Waals surface area contributed by atoms with Crippen molar-refractivity contribution in [2.75, 3.05) is 29.9 Å². The topological polar surface area (TPSA) is 67.3 Å². The van der Waals surface area contributed by atoms with Crippen LogP contribution in [0.15, 0.2) is 60.9 Å². The van der Waals surface area contributed by atoms with E-state index in [-0.39, 0.29) is 11.8 Å². The molecule has 3 aromatic rings. The van der Waals surface area contributed by atoms with Gasteiger partial charge in [0.1, 0.15) is 17.9 Å². The van der Waals surface area contributed by atoms with Crippen LogP contribution in [-0.4, -0.2) is 35.6 Å². The van der Waals surface area contributed by atoms with Crippen molar-refractivity contribution in [3.63, 3.8) is 0 Å². The molecule has 1 saturated heterocycles. The molecule has 2 aromatic carbocycles. The number of aromatic nitrogens is 2. The third kappa shape index (κ3) is 5.02. The standard InChI is InChI=1S/C25H28N4O2/c1-3-31-23-7-5-4-6-21(23)28-25(30)20-12-14-29(15-13-20)24-16-22(26-17-27-24)19-10-8-18(2)9-11-19/h4-11,16-17,20H,3,12-15H2,1-2H3,(H,28,30). The minimum Gasteiger partial charge on any atom is -0.492 e. The summed E-state index contributed by atoms with van der Waals surface area (Å²) in [4.78, 5) is 24.0. The van der Waals surface area contributed by atoms with E-state index in [1.165, 1.54) is 5.56 Å². The number of hydrogen-bond donors (Lipinski definition) is 1. The summed E-state index contributed by atoms with van der Waals surface area (Å²) in [7, 11) is 0. The third-order valence-corrected chi connectivity index (χ3v) is 5.63. The molecule has 0 bridgehead atoms. The number of nitrogens with zero attached hydrogens (tertiary/aromatic N) is 3. The quantitative estimate of drug-likeness (QED) is 0.631. The molecule has 0 atom stereocenters. The van der Waals surface area contributed by atoms with E-state index in [4.69, 9.17) is 4.74 Å². The van der Waals surface area contributed by atoms with Gasteiger partial charge in [-0.05, 0) is 38.8 Å². The van der Waals surface area contributed by atoms with E-state index >= 15 is 0 Å². The Kier molecular flexibility index (Phi) is 6.46. The summed E-state index contributed by atoms with van der Waals surface area (Å²) in [5, 5.41) is 3.05. The summed E-state index contributed by atoms with van der Waals surface area (Å²) in [6.45, 7) is 6.15. The molecule has 1 aliphatic heterocycles. The predicted molar refractivity (Wildman–Crippen MR) is 123 cm³/mol. The summed E-state index contributed by atoms with van der Waals surface area (Å²) < 4.78 is 5.62. The molecule has 4 rings (SSSR count). The van der Waals surface area contributed by atoms with Crippen molar-refractivity contribution in [3.8, 4) is 17.0 Å². The van der Waals surface area contributed by atoms with E-state index in [1.54, 1.807) is 6.33 Å². The largest absolute Gasteiger partial charge is 0.492 e. The van der Waals surface area contributed by atoms with Gasteiger partial charge in [-0.25, -0.2) is 9.97 Å². The van der Waals surface area contributed by atoms with Gasteiger partial charge in [0, 0.05) is 30.6 Å². The van der Waals surface area contributed by atoms with Crippen LogP contribution in [0.25, 0.3) is 11.3 Å². The van der Waals surface area contributed by atoms with Gasteiger partial charge < -0.3 is 15.0 Å². The second-order valence-electron chi connectivity index (χ2n) is 7.81. The molecule has 1 N–H and O–H groups in total. The lowest BCUT2D eigenvalue weighted by atomic mass is 9.95. The van der Waals surface area contributed by atoms with Crippen LogP contribution in [0.2, 0.25) is 0 Å². The monoisotopic (exact) mass is 416 g/mol. The third-order valence-electron chi connectivity index (χ3n) is 5.63. The summed E-state index contributed by atoms with van der Waals surface area (Å²) in [6, 6.07) is 17.9. The van der Waals surface area contributed by atoms with Gasteiger partial charge in [0.15, 0.2) is 0 Å². The van der Waals surface area contributed by atoms with Crippen LogP contribution < -0.4 is 15.0 Å². The minimum absolute atomic E-state index is 0.0238. The van der Waals surface area contributed by atoms with Gasteiger partial charge in [-0.3, -0.25) is 4.79 Å². The number of aryl methyl sites for hydroxylation is 1. The van der Waals surface area contributed by atoms with Gasteiger partial charge in [-0.15, -0.1) is 0 Å². The number of amides is 1. The first-order valence-corrected chi connectivity index (χ1v) is 10.8. The first-order valence-electron chi connectivity index (χ1n) is 10.8. The summed E-state index contributed by atoms with van der Waals surface area (Å²) >= 11 is 0. The number of nitrogens with one attached hydrogen (secondary N) is 1. The second kappa shape index (κ2) is 9.60. The number of para-hydroxylation sites is 2. The van der Waals surface area contributed by atoms with E-state index in [9.17, 15) is 4.79 Å². The van der Waals surface area contributed by atoms with Crippen molar-refractivity contribution in [1.82, 2.24) is 9.97 Å². The lowest BCUT2D eigenvalue weighted by Gasteiger charge is -2.32. The van der Waals surface area contributed by atoms with Crippen LogP contribution in [-0.2, 0) is 4.79 Å².